The Balaban J connectivity index is 0. The molecule has 0 aliphatic heterocycles. The fourth-order valence-electron chi connectivity index (χ4n) is 0.801. The number of hydrogen-bond donors (Lipinski definition) is 2. The molecule has 13 heteroatoms. The molecule has 0 saturated heterocycles. The van der Waals surface area contributed by atoms with Gasteiger partial charge in [0.05, 0.1) is 5.97 Å². The third-order valence-corrected chi connectivity index (χ3v) is 4.77. The van der Waals surface area contributed by atoms with Crippen LogP contribution >= 0.6 is 0 Å². The van der Waals surface area contributed by atoms with Crippen LogP contribution in [-0.2, 0) is 34.6 Å². The summed E-state index contributed by atoms with van der Waals surface area (Å²) in [7, 11) is -11.3. The molecule has 0 amide bonds. The van der Waals surface area contributed by atoms with Gasteiger partial charge in [0, 0.05) is 6.08 Å². The molecule has 0 saturated carbocycles. The number of esters is 1. The van der Waals surface area contributed by atoms with Crippen molar-refractivity contribution >= 4 is 32.2 Å². The SMILES string of the molecule is C=CC(OC(=O)/C=C\C(=O)[O-])(S(=O)(=O)O)S(=O)(=O)O.[Na+]. The van der Waals surface area contributed by atoms with Gasteiger partial charge in [-0.3, -0.25) is 9.11 Å². The molecular formula is C7H7NaO10S2. The van der Waals surface area contributed by atoms with E-state index in [2.05, 4.69) is 11.3 Å². The first-order valence-corrected chi connectivity index (χ1v) is 6.95. The zero-order valence-corrected chi connectivity index (χ0v) is 13.5. The van der Waals surface area contributed by atoms with Gasteiger partial charge in [0.1, 0.15) is 0 Å². The number of ether oxygens (including phenoxy) is 1. The van der Waals surface area contributed by atoms with Crippen LogP contribution in [0.4, 0.5) is 0 Å². The molecule has 0 aromatic carbocycles. The standard InChI is InChI=1S/C7H8O10S2.Na/c1-2-7(18(11,12)13,19(14,15)16)17-6(10)4-3-5(8)9;/h2-4H,1H2,(H,8,9)(H,11,12,13)(H,14,15,16);/q;+1/p-1/b4-3-;. The Labute approximate surface area is 135 Å². The summed E-state index contributed by atoms with van der Waals surface area (Å²) in [4.78, 5) is 21.0. The van der Waals surface area contributed by atoms with Crippen molar-refractivity contribution in [2.75, 3.05) is 0 Å². The van der Waals surface area contributed by atoms with E-state index in [1.165, 1.54) is 0 Å². The van der Waals surface area contributed by atoms with Crippen molar-refractivity contribution in [2.45, 2.75) is 4.27 Å². The number of carboxylic acids is 1. The van der Waals surface area contributed by atoms with E-state index in [1.54, 1.807) is 0 Å². The van der Waals surface area contributed by atoms with Gasteiger partial charge >= 0.3 is 60.0 Å². The van der Waals surface area contributed by atoms with Gasteiger partial charge < -0.3 is 14.6 Å². The van der Waals surface area contributed by atoms with E-state index in [-0.39, 0.29) is 47.8 Å². The van der Waals surface area contributed by atoms with Gasteiger partial charge in [0.25, 0.3) is 0 Å². The second-order valence-electron chi connectivity index (χ2n) is 2.83. The molecule has 2 N–H and O–H groups in total. The molecule has 10 nitrogen and oxygen atoms in total. The molecule has 0 heterocycles. The van der Waals surface area contributed by atoms with Gasteiger partial charge in [-0.05, 0) is 12.2 Å². The third kappa shape index (κ3) is 4.97. The minimum absolute atomic E-state index is 0. The van der Waals surface area contributed by atoms with Crippen LogP contribution in [0, 0.1) is 0 Å². The normalized spacial score (nSPS) is 12.5. The number of hydrogen-bond acceptors (Lipinski definition) is 8. The fourth-order valence-corrected chi connectivity index (χ4v) is 2.66. The van der Waals surface area contributed by atoms with E-state index in [1.807, 2.05) is 0 Å². The Morgan fingerprint density at radius 2 is 1.50 bits per heavy atom. The third-order valence-electron chi connectivity index (χ3n) is 1.57. The van der Waals surface area contributed by atoms with Crippen LogP contribution in [0.15, 0.2) is 24.8 Å². The molecule has 0 atom stereocenters. The quantitative estimate of drug-likeness (QED) is 0.156. The minimum atomic E-state index is -5.66. The van der Waals surface area contributed by atoms with Gasteiger partial charge in [-0.1, -0.05) is 6.58 Å². The maximum Gasteiger partial charge on any atom is 1.00 e. The first kappa shape index (κ1) is 21.5. The molecule has 0 spiro atoms. The minimum Gasteiger partial charge on any atom is -0.545 e. The Morgan fingerprint density at radius 1 is 1.10 bits per heavy atom. The van der Waals surface area contributed by atoms with Gasteiger partial charge in [-0.15, -0.1) is 0 Å². The Morgan fingerprint density at radius 3 is 1.75 bits per heavy atom. The van der Waals surface area contributed by atoms with Gasteiger partial charge in [-0.2, -0.15) is 16.8 Å². The smallest absolute Gasteiger partial charge is 0.545 e. The Hall–Kier alpha value is -0.760. The molecule has 20 heavy (non-hydrogen) atoms. The first-order chi connectivity index (χ1) is 8.37. The van der Waals surface area contributed by atoms with Crippen molar-refractivity contribution in [1.82, 2.24) is 0 Å². The van der Waals surface area contributed by atoms with Crippen molar-refractivity contribution in [1.29, 1.82) is 0 Å². The molecule has 0 bridgehead atoms. The molecule has 0 aromatic heterocycles. The molecule has 0 unspecified atom stereocenters. The molecular weight excluding hydrogens is 331 g/mol. The molecule has 0 radical (unpaired) electrons. The topological polar surface area (TPSA) is 175 Å². The molecule has 0 aromatic rings. The van der Waals surface area contributed by atoms with Crippen molar-refractivity contribution in [3.05, 3.63) is 24.8 Å². The van der Waals surface area contributed by atoms with Crippen molar-refractivity contribution in [3.8, 4) is 0 Å². The van der Waals surface area contributed by atoms with Crippen molar-refractivity contribution in [3.63, 3.8) is 0 Å². The maximum atomic E-state index is 11.0. The fraction of sp³-hybridized carbons (Fsp3) is 0.143. The molecule has 0 aliphatic carbocycles. The molecule has 0 rings (SSSR count). The zero-order valence-electron chi connectivity index (χ0n) is 9.92. The number of carbonyl (C=O) groups is 2. The predicted molar refractivity (Wildman–Crippen MR) is 56.3 cm³/mol. The number of carbonyl (C=O) groups excluding carboxylic acids is 2. The Bertz CT molecular complexity index is 597. The van der Waals surface area contributed by atoms with Crippen LogP contribution in [0.5, 0.6) is 0 Å². The summed E-state index contributed by atoms with van der Waals surface area (Å²) in [5, 5.41) is 9.97. The molecule has 0 aliphatic rings. The average Bonchev–Trinajstić information content (AvgIpc) is 2.19. The summed E-state index contributed by atoms with van der Waals surface area (Å²) in [5.41, 5.74) is 0. The van der Waals surface area contributed by atoms with Crippen LogP contribution in [0.25, 0.3) is 0 Å². The van der Waals surface area contributed by atoms with Gasteiger partial charge in [-0.25, -0.2) is 4.79 Å². The summed E-state index contributed by atoms with van der Waals surface area (Å²) in [6, 6.07) is 0. The van der Waals surface area contributed by atoms with E-state index < -0.39 is 36.4 Å². The van der Waals surface area contributed by atoms with E-state index in [0.29, 0.717) is 0 Å². The van der Waals surface area contributed by atoms with Crippen LogP contribution in [0.1, 0.15) is 0 Å². The largest absolute Gasteiger partial charge is 1.00 e. The van der Waals surface area contributed by atoms with Gasteiger partial charge in [0.2, 0.25) is 0 Å². The van der Waals surface area contributed by atoms with Crippen LogP contribution < -0.4 is 34.7 Å². The monoisotopic (exact) mass is 338 g/mol. The number of aliphatic carboxylic acids is 1. The van der Waals surface area contributed by atoms with E-state index in [9.17, 15) is 31.5 Å². The zero-order chi connectivity index (χ0) is 15.5. The first-order valence-electron chi connectivity index (χ1n) is 4.07. The van der Waals surface area contributed by atoms with Crippen molar-refractivity contribution < 1.29 is 74.9 Å². The number of carboxylic acid groups (broad SMARTS) is 1. The second kappa shape index (κ2) is 7.31. The molecule has 0 fully saturated rings. The number of rotatable bonds is 6. The van der Waals surface area contributed by atoms with E-state index in [0.717, 1.165) is 0 Å². The summed E-state index contributed by atoms with van der Waals surface area (Å²) >= 11 is 0. The summed E-state index contributed by atoms with van der Waals surface area (Å²) in [6.45, 7) is 2.71. The van der Waals surface area contributed by atoms with E-state index in [4.69, 9.17) is 9.11 Å². The maximum absolute atomic E-state index is 11.0. The van der Waals surface area contributed by atoms with E-state index >= 15 is 0 Å². The molecule has 108 valence electrons. The van der Waals surface area contributed by atoms with Gasteiger partial charge in [0.15, 0.2) is 0 Å². The van der Waals surface area contributed by atoms with Crippen LogP contribution in [0.3, 0.4) is 0 Å². The predicted octanol–water partition coefficient (Wildman–Crippen LogP) is -5.54. The average molecular weight is 338 g/mol. The Kier molecular flexibility index (Phi) is 7.87. The summed E-state index contributed by atoms with van der Waals surface area (Å²) in [6.07, 6.45) is 0.135. The van der Waals surface area contributed by atoms with Crippen molar-refractivity contribution in [2.24, 2.45) is 0 Å². The van der Waals surface area contributed by atoms with Crippen LogP contribution in [-0.4, -0.2) is 42.1 Å². The summed E-state index contributed by atoms with van der Waals surface area (Å²) < 4.78 is 61.1. The van der Waals surface area contributed by atoms with Crippen LogP contribution in [0.2, 0.25) is 0 Å². The summed E-state index contributed by atoms with van der Waals surface area (Å²) in [5.74, 6) is -3.67. The second-order valence-corrected chi connectivity index (χ2v) is 6.20.